The van der Waals surface area contributed by atoms with Gasteiger partial charge in [0.1, 0.15) is 6.42 Å². The van der Waals surface area contributed by atoms with Gasteiger partial charge in [-0.25, -0.2) is 10.2 Å². The van der Waals surface area contributed by atoms with E-state index in [1.165, 1.54) is 13.3 Å². The minimum Gasteiger partial charge on any atom is -0.493 e. The topological polar surface area (TPSA) is 115 Å². The van der Waals surface area contributed by atoms with E-state index in [1.807, 2.05) is 12.1 Å². The molecule has 0 bridgehead atoms. The molecule has 0 saturated heterocycles. The lowest BCUT2D eigenvalue weighted by atomic mass is 10.1. The molecule has 164 valence electrons. The van der Waals surface area contributed by atoms with E-state index in [2.05, 4.69) is 20.6 Å². The molecule has 0 radical (unpaired) electrons. The number of hydrogen-bond acceptors (Lipinski definition) is 7. The first-order chi connectivity index (χ1) is 15.0. The maximum Gasteiger partial charge on any atom is 0.337 e. The summed E-state index contributed by atoms with van der Waals surface area (Å²) in [5, 5.41) is 6.50. The zero-order valence-corrected chi connectivity index (χ0v) is 17.6. The molecule has 0 spiro atoms. The molecule has 0 heterocycles. The Morgan fingerprint density at radius 2 is 1.65 bits per heavy atom. The average Bonchev–Trinajstić information content (AvgIpc) is 2.78. The Bertz CT molecular complexity index is 941. The fourth-order valence-corrected chi connectivity index (χ4v) is 2.63. The van der Waals surface area contributed by atoms with Gasteiger partial charge in [-0.1, -0.05) is 18.2 Å². The fraction of sp³-hybridized carbons (Fsp3) is 0.273. The molecule has 2 aromatic carbocycles. The number of carbonyl (C=O) groups excluding carboxylic acids is 3. The van der Waals surface area contributed by atoms with Crippen LogP contribution in [0.4, 0.5) is 0 Å². The minimum atomic E-state index is -0.536. The van der Waals surface area contributed by atoms with Crippen molar-refractivity contribution < 1.29 is 28.6 Å². The highest BCUT2D eigenvalue weighted by atomic mass is 16.5. The lowest BCUT2D eigenvalue weighted by Gasteiger charge is -2.10. The van der Waals surface area contributed by atoms with Gasteiger partial charge in [0.05, 0.1) is 33.1 Å². The zero-order chi connectivity index (χ0) is 22.6. The standard InChI is InChI=1S/C22H25N3O6/c1-29-18-9-6-15(12-19(18)30-2)10-11-23-20(26)13-21(27)25-24-14-16-4-7-17(8-5-16)22(28)31-3/h4-9,12,14H,10-11,13H2,1-3H3,(H,23,26)(H,25,27)/b24-14+. The van der Waals surface area contributed by atoms with Crippen LogP contribution in [0, 0.1) is 0 Å². The van der Waals surface area contributed by atoms with Crippen LogP contribution in [0.1, 0.15) is 27.9 Å². The number of nitrogens with zero attached hydrogens (tertiary/aromatic N) is 1. The van der Waals surface area contributed by atoms with E-state index in [1.54, 1.807) is 44.6 Å². The minimum absolute atomic E-state index is 0.343. The molecule has 9 heteroatoms. The van der Waals surface area contributed by atoms with Gasteiger partial charge in [-0.05, 0) is 41.8 Å². The molecular weight excluding hydrogens is 402 g/mol. The van der Waals surface area contributed by atoms with E-state index >= 15 is 0 Å². The molecule has 0 atom stereocenters. The second-order valence-electron chi connectivity index (χ2n) is 6.37. The average molecular weight is 427 g/mol. The van der Waals surface area contributed by atoms with E-state index in [0.717, 1.165) is 5.56 Å². The van der Waals surface area contributed by atoms with Crippen molar-refractivity contribution in [3.05, 3.63) is 59.2 Å². The predicted molar refractivity (Wildman–Crippen MR) is 114 cm³/mol. The molecule has 0 unspecified atom stereocenters. The van der Waals surface area contributed by atoms with E-state index in [4.69, 9.17) is 9.47 Å². The Balaban J connectivity index is 1.73. The number of hydrazone groups is 1. The normalized spacial score (nSPS) is 10.4. The van der Waals surface area contributed by atoms with Gasteiger partial charge in [0.2, 0.25) is 11.8 Å². The van der Waals surface area contributed by atoms with E-state index in [0.29, 0.717) is 35.6 Å². The summed E-state index contributed by atoms with van der Waals surface area (Å²) in [6.07, 6.45) is 1.64. The van der Waals surface area contributed by atoms with Crippen LogP contribution in [-0.2, 0) is 20.7 Å². The summed E-state index contributed by atoms with van der Waals surface area (Å²) in [6.45, 7) is 0.372. The lowest BCUT2D eigenvalue weighted by molar-refractivity contribution is -0.129. The smallest absolute Gasteiger partial charge is 0.337 e. The number of esters is 1. The first-order valence-electron chi connectivity index (χ1n) is 9.44. The van der Waals surface area contributed by atoms with Crippen molar-refractivity contribution in [1.82, 2.24) is 10.7 Å². The highest BCUT2D eigenvalue weighted by Crippen LogP contribution is 2.27. The molecule has 0 aliphatic rings. The first-order valence-corrected chi connectivity index (χ1v) is 9.44. The summed E-state index contributed by atoms with van der Waals surface area (Å²) < 4.78 is 15.1. The van der Waals surface area contributed by atoms with Crippen molar-refractivity contribution in [2.45, 2.75) is 12.8 Å². The molecule has 31 heavy (non-hydrogen) atoms. The summed E-state index contributed by atoms with van der Waals surface area (Å²) >= 11 is 0. The Labute approximate surface area is 180 Å². The van der Waals surface area contributed by atoms with Gasteiger partial charge in [0.15, 0.2) is 11.5 Å². The highest BCUT2D eigenvalue weighted by molar-refractivity contribution is 5.97. The van der Waals surface area contributed by atoms with Crippen LogP contribution in [-0.4, -0.2) is 51.9 Å². The molecule has 2 rings (SSSR count). The van der Waals surface area contributed by atoms with Crippen LogP contribution in [0.15, 0.2) is 47.6 Å². The van der Waals surface area contributed by atoms with Crippen molar-refractivity contribution in [3.63, 3.8) is 0 Å². The van der Waals surface area contributed by atoms with Gasteiger partial charge in [0.25, 0.3) is 0 Å². The van der Waals surface area contributed by atoms with Gasteiger partial charge >= 0.3 is 5.97 Å². The SMILES string of the molecule is COC(=O)c1ccc(/C=N/NC(=O)CC(=O)NCCc2ccc(OC)c(OC)c2)cc1. The predicted octanol–water partition coefficient (Wildman–Crippen LogP) is 1.69. The number of carbonyl (C=O) groups is 3. The molecule has 0 aliphatic heterocycles. The van der Waals surface area contributed by atoms with E-state index < -0.39 is 17.8 Å². The fourth-order valence-electron chi connectivity index (χ4n) is 2.63. The van der Waals surface area contributed by atoms with Crippen molar-refractivity contribution in [3.8, 4) is 11.5 Å². The summed E-state index contributed by atoms with van der Waals surface area (Å²) in [4.78, 5) is 35.1. The maximum atomic E-state index is 11.9. The second kappa shape index (κ2) is 12.0. The van der Waals surface area contributed by atoms with Gasteiger partial charge in [-0.15, -0.1) is 0 Å². The highest BCUT2D eigenvalue weighted by Gasteiger charge is 2.09. The van der Waals surface area contributed by atoms with Crippen LogP contribution < -0.4 is 20.2 Å². The van der Waals surface area contributed by atoms with Crippen LogP contribution in [0.5, 0.6) is 11.5 Å². The van der Waals surface area contributed by atoms with Crippen molar-refractivity contribution in [2.24, 2.45) is 5.10 Å². The largest absolute Gasteiger partial charge is 0.493 e. The van der Waals surface area contributed by atoms with Crippen LogP contribution in [0.2, 0.25) is 0 Å². The second-order valence-corrected chi connectivity index (χ2v) is 6.37. The Kier molecular flexibility index (Phi) is 9.03. The van der Waals surface area contributed by atoms with Gasteiger partial charge in [0, 0.05) is 6.54 Å². The molecule has 0 saturated carbocycles. The Morgan fingerprint density at radius 1 is 0.935 bits per heavy atom. The summed E-state index contributed by atoms with van der Waals surface area (Å²) in [7, 11) is 4.43. The number of methoxy groups -OCH3 is 3. The van der Waals surface area contributed by atoms with Gasteiger partial charge < -0.3 is 19.5 Å². The monoisotopic (exact) mass is 427 g/mol. The summed E-state index contributed by atoms with van der Waals surface area (Å²) in [5.41, 5.74) is 4.34. The molecule has 9 nitrogen and oxygen atoms in total. The number of hydrogen-bond donors (Lipinski definition) is 2. The van der Waals surface area contributed by atoms with Crippen LogP contribution >= 0.6 is 0 Å². The first kappa shape index (κ1) is 23.4. The third kappa shape index (κ3) is 7.46. The summed E-state index contributed by atoms with van der Waals surface area (Å²) in [5.74, 6) is -0.133. The van der Waals surface area contributed by atoms with E-state index in [-0.39, 0.29) is 6.42 Å². The number of amides is 2. The van der Waals surface area contributed by atoms with Crippen molar-refractivity contribution in [2.75, 3.05) is 27.9 Å². The lowest BCUT2D eigenvalue weighted by Crippen LogP contribution is -2.31. The van der Waals surface area contributed by atoms with E-state index in [9.17, 15) is 14.4 Å². The zero-order valence-electron chi connectivity index (χ0n) is 17.6. The molecule has 0 aliphatic carbocycles. The maximum absolute atomic E-state index is 11.9. The Hall–Kier alpha value is -3.88. The molecule has 2 amide bonds. The molecule has 0 aromatic heterocycles. The van der Waals surface area contributed by atoms with Crippen molar-refractivity contribution in [1.29, 1.82) is 0 Å². The van der Waals surface area contributed by atoms with Crippen molar-refractivity contribution >= 4 is 24.0 Å². The summed E-state index contributed by atoms with van der Waals surface area (Å²) in [6, 6.07) is 12.0. The van der Waals surface area contributed by atoms with Crippen LogP contribution in [0.3, 0.4) is 0 Å². The van der Waals surface area contributed by atoms with Gasteiger partial charge in [-0.2, -0.15) is 5.10 Å². The molecular formula is C22H25N3O6. The van der Waals surface area contributed by atoms with Gasteiger partial charge in [-0.3, -0.25) is 9.59 Å². The molecule has 2 aromatic rings. The number of nitrogens with one attached hydrogen (secondary N) is 2. The molecule has 2 N–H and O–H groups in total. The van der Waals surface area contributed by atoms with Crippen LogP contribution in [0.25, 0.3) is 0 Å². The third-order valence-corrected chi connectivity index (χ3v) is 4.24. The quantitative estimate of drug-likeness (QED) is 0.258. The molecule has 0 fully saturated rings. The number of rotatable bonds is 10. The number of ether oxygens (including phenoxy) is 3. The third-order valence-electron chi connectivity index (χ3n) is 4.24. The Morgan fingerprint density at radius 3 is 2.29 bits per heavy atom. The number of benzene rings is 2.